The molecule has 0 aliphatic rings. The fourth-order valence-corrected chi connectivity index (χ4v) is 0.111. The maximum absolute atomic E-state index is 9.39. The van der Waals surface area contributed by atoms with Crippen molar-refractivity contribution in [3.8, 4) is 0 Å². The Bertz CT molecular complexity index is 41.3. The summed E-state index contributed by atoms with van der Waals surface area (Å²) < 4.78 is 4.36. The van der Waals surface area contributed by atoms with Gasteiger partial charge in [-0.1, -0.05) is 7.43 Å². The zero-order chi connectivity index (χ0) is 4.99. The van der Waals surface area contributed by atoms with Gasteiger partial charge in [-0.15, -0.1) is 0 Å². The highest BCUT2D eigenvalue weighted by Crippen LogP contribution is 1.79. The molecule has 0 unspecified atom stereocenters. The summed E-state index contributed by atoms with van der Waals surface area (Å²) in [4.78, 5) is 9.39. The molecule has 0 aliphatic carbocycles. The first kappa shape index (κ1) is 9.69. The quantitative estimate of drug-likeness (QED) is 0.492. The lowest BCUT2D eigenvalue weighted by Gasteiger charge is -1.96. The minimum absolute atomic E-state index is 0. The van der Waals surface area contributed by atoms with Gasteiger partial charge in [0.2, 0.25) is 0 Å². The van der Waals surface area contributed by atoms with Crippen molar-refractivity contribution < 1.29 is 9.53 Å². The molecule has 0 rings (SSSR count). The van der Waals surface area contributed by atoms with Gasteiger partial charge in [0, 0.05) is 0 Å². The number of hydrogen-bond donors (Lipinski definition) is 0. The van der Waals surface area contributed by atoms with Crippen LogP contribution < -0.4 is 0 Å². The normalized spacial score (nSPS) is 7.29. The molecule has 0 aromatic rings. The summed E-state index contributed by atoms with van der Waals surface area (Å²) in [5, 5.41) is 0. The summed E-state index contributed by atoms with van der Waals surface area (Å²) in [6.07, 6.45) is 0.0301. The first-order valence-corrected chi connectivity index (χ1v) is 1.86. The van der Waals surface area contributed by atoms with Crippen molar-refractivity contribution in [1.82, 2.24) is 0 Å². The summed E-state index contributed by atoms with van der Waals surface area (Å²) >= 11 is 0. The van der Waals surface area contributed by atoms with Crippen molar-refractivity contribution >= 4 is 6.47 Å². The molecule has 2 nitrogen and oxygen atoms in total. The highest BCUT2D eigenvalue weighted by atomic mass is 16.5. The number of carbonyl (C=O) groups excluding carboxylic acids is 1. The first-order chi connectivity index (χ1) is 2.77. The molecule has 0 fully saturated rings. The van der Waals surface area contributed by atoms with Gasteiger partial charge in [-0.2, -0.15) is 0 Å². The van der Waals surface area contributed by atoms with E-state index in [0.29, 0.717) is 6.47 Å². The molecular weight excluding hydrogens is 92.1 g/mol. The van der Waals surface area contributed by atoms with Gasteiger partial charge in [0.15, 0.2) is 0 Å². The molecule has 7 heavy (non-hydrogen) atoms. The highest BCUT2D eigenvalue weighted by molar-refractivity contribution is 5.37. The average Bonchev–Trinajstić information content (AvgIpc) is 1.35. The molecule has 0 aromatic heterocycles. The van der Waals surface area contributed by atoms with Crippen LogP contribution in [0.4, 0.5) is 0 Å². The van der Waals surface area contributed by atoms with Gasteiger partial charge < -0.3 is 4.74 Å². The van der Waals surface area contributed by atoms with Crippen molar-refractivity contribution in [2.45, 2.75) is 27.4 Å². The Kier molecular flexibility index (Phi) is 7.57. The number of carbonyl (C=O) groups is 1. The van der Waals surface area contributed by atoms with Gasteiger partial charge in [-0.3, -0.25) is 4.79 Å². The van der Waals surface area contributed by atoms with E-state index in [1.165, 1.54) is 0 Å². The summed E-state index contributed by atoms with van der Waals surface area (Å²) in [6, 6.07) is 0. The molecular formula is C5H12O2. The Morgan fingerprint density at radius 1 is 1.57 bits per heavy atom. The van der Waals surface area contributed by atoms with Gasteiger partial charge >= 0.3 is 0 Å². The lowest BCUT2D eigenvalue weighted by atomic mass is 10.5. The summed E-state index contributed by atoms with van der Waals surface area (Å²) in [7, 11) is 0. The van der Waals surface area contributed by atoms with Crippen LogP contribution in [0.25, 0.3) is 0 Å². The summed E-state index contributed by atoms with van der Waals surface area (Å²) in [6.45, 7) is 4.05. The minimum Gasteiger partial charge on any atom is -0.465 e. The maximum atomic E-state index is 9.39. The molecule has 0 N–H and O–H groups in total. The highest BCUT2D eigenvalue weighted by Gasteiger charge is 1.83. The lowest BCUT2D eigenvalue weighted by molar-refractivity contribution is -0.131. The summed E-state index contributed by atoms with van der Waals surface area (Å²) in [5.41, 5.74) is 0. The molecule has 0 aliphatic heterocycles. The zero-order valence-electron chi connectivity index (χ0n) is 3.97. The minimum atomic E-state index is 0. The molecule has 0 spiro atoms. The number of rotatable bonds is 2. The van der Waals surface area contributed by atoms with Crippen molar-refractivity contribution in [3.05, 3.63) is 0 Å². The molecule has 0 bridgehead atoms. The second-order valence-electron chi connectivity index (χ2n) is 1.28. The molecule has 0 atom stereocenters. The van der Waals surface area contributed by atoms with Gasteiger partial charge in [0.05, 0.1) is 6.10 Å². The topological polar surface area (TPSA) is 26.3 Å². The predicted octanol–water partition coefficient (Wildman–Crippen LogP) is 1.20. The lowest BCUT2D eigenvalue weighted by Crippen LogP contribution is -1.98. The summed E-state index contributed by atoms with van der Waals surface area (Å²) in [5.74, 6) is 0. The Hall–Kier alpha value is -0.530. The van der Waals surface area contributed by atoms with E-state index in [2.05, 4.69) is 4.74 Å². The molecule has 0 saturated heterocycles. The Balaban J connectivity index is 0. The number of ether oxygens (including phenoxy) is 1. The zero-order valence-corrected chi connectivity index (χ0v) is 3.97. The van der Waals surface area contributed by atoms with Gasteiger partial charge in [0.1, 0.15) is 0 Å². The monoisotopic (exact) mass is 104 g/mol. The standard InChI is InChI=1S/C4H8O2.CH4/c1-4(2)6-3-5;/h3-4H,1-2H3;1H4. The molecule has 44 valence electrons. The Morgan fingerprint density at radius 3 is 2.00 bits per heavy atom. The molecule has 0 saturated carbocycles. The second kappa shape index (κ2) is 5.47. The third-order valence-electron chi connectivity index (χ3n) is 0.328. The van der Waals surface area contributed by atoms with Crippen molar-refractivity contribution in [1.29, 1.82) is 0 Å². The van der Waals surface area contributed by atoms with Crippen LogP contribution in [0.15, 0.2) is 0 Å². The van der Waals surface area contributed by atoms with Crippen molar-refractivity contribution in [3.63, 3.8) is 0 Å². The first-order valence-electron chi connectivity index (χ1n) is 1.86. The van der Waals surface area contributed by atoms with E-state index < -0.39 is 0 Å². The van der Waals surface area contributed by atoms with Crippen LogP contribution >= 0.6 is 0 Å². The van der Waals surface area contributed by atoms with Crippen LogP contribution in [0.3, 0.4) is 0 Å². The van der Waals surface area contributed by atoms with E-state index in [-0.39, 0.29) is 13.5 Å². The van der Waals surface area contributed by atoms with Gasteiger partial charge in [-0.05, 0) is 13.8 Å². The number of hydrogen-bond acceptors (Lipinski definition) is 2. The third-order valence-corrected chi connectivity index (χ3v) is 0.328. The van der Waals surface area contributed by atoms with Crippen molar-refractivity contribution in [2.24, 2.45) is 0 Å². The van der Waals surface area contributed by atoms with Crippen LogP contribution in [-0.4, -0.2) is 12.6 Å². The van der Waals surface area contributed by atoms with Crippen LogP contribution in [0.2, 0.25) is 0 Å². The van der Waals surface area contributed by atoms with E-state index in [0.717, 1.165) is 0 Å². The fourth-order valence-electron chi connectivity index (χ4n) is 0.111. The molecule has 2 heteroatoms. The van der Waals surface area contributed by atoms with Gasteiger partial charge in [-0.25, -0.2) is 0 Å². The molecule has 0 amide bonds. The third kappa shape index (κ3) is 10.8. The molecule has 0 heterocycles. The fraction of sp³-hybridized carbons (Fsp3) is 0.800. The van der Waals surface area contributed by atoms with E-state index >= 15 is 0 Å². The SMILES string of the molecule is C.CC(C)OC=O. The van der Waals surface area contributed by atoms with E-state index in [4.69, 9.17) is 0 Å². The Labute approximate surface area is 44.5 Å². The maximum Gasteiger partial charge on any atom is 0.293 e. The molecule has 0 radical (unpaired) electrons. The van der Waals surface area contributed by atoms with Crippen LogP contribution in [0.5, 0.6) is 0 Å². The average molecular weight is 104 g/mol. The smallest absolute Gasteiger partial charge is 0.293 e. The van der Waals surface area contributed by atoms with Crippen LogP contribution in [0.1, 0.15) is 21.3 Å². The predicted molar refractivity (Wildman–Crippen MR) is 29.0 cm³/mol. The van der Waals surface area contributed by atoms with E-state index in [9.17, 15) is 4.79 Å². The Morgan fingerprint density at radius 2 is 2.00 bits per heavy atom. The largest absolute Gasteiger partial charge is 0.465 e. The van der Waals surface area contributed by atoms with Gasteiger partial charge in [0.25, 0.3) is 6.47 Å². The van der Waals surface area contributed by atoms with E-state index in [1.807, 2.05) is 0 Å². The van der Waals surface area contributed by atoms with Crippen molar-refractivity contribution in [2.75, 3.05) is 0 Å². The van der Waals surface area contributed by atoms with Crippen LogP contribution in [-0.2, 0) is 9.53 Å². The molecule has 0 aromatic carbocycles. The second-order valence-corrected chi connectivity index (χ2v) is 1.28. The van der Waals surface area contributed by atoms with Crippen LogP contribution in [0, 0.1) is 0 Å². The van der Waals surface area contributed by atoms with E-state index in [1.54, 1.807) is 13.8 Å².